The predicted molar refractivity (Wildman–Crippen MR) is 282 cm³/mol. The zero-order chi connectivity index (χ0) is 60.8. The molecule has 80 heavy (non-hydrogen) atoms. The molecule has 0 bridgehead atoms. The van der Waals surface area contributed by atoms with E-state index in [1.54, 1.807) is 14.0 Å². The van der Waals surface area contributed by atoms with Gasteiger partial charge in [0.25, 0.3) is 0 Å². The first-order chi connectivity index (χ1) is 38.0. The van der Waals surface area contributed by atoms with Gasteiger partial charge in [-0.15, -0.1) is 0 Å². The number of esters is 3. The van der Waals surface area contributed by atoms with Gasteiger partial charge in [-0.2, -0.15) is 8.78 Å². The van der Waals surface area contributed by atoms with Crippen molar-refractivity contribution < 1.29 is 113 Å². The average Bonchev–Trinajstić information content (AvgIpc) is 3.43. The van der Waals surface area contributed by atoms with Crippen molar-refractivity contribution >= 4 is 31.6 Å². The Morgan fingerprint density at radius 1 is 0.637 bits per heavy atom. The molecule has 0 aliphatic carbocycles. The SMILES string of the molecule is CC.CC(=O)OCC1OC(OCCCCCC(=O)Oc2c(F)c(F)c(F)c(F)c2F)C(C)C(C)C1OC(C)=O.COCCCCCCNC(=O)CCCCCOC1OC(CO)C(O)C(O)C1C.COP(=O)(O)OCCCCCCN. The zero-order valence-electron chi connectivity index (χ0n) is 48.1. The van der Waals surface area contributed by atoms with Gasteiger partial charge in [0.05, 0.1) is 19.3 Å². The van der Waals surface area contributed by atoms with Gasteiger partial charge in [0, 0.05) is 85.0 Å². The number of aliphatic hydroxyl groups is 3. The molecule has 2 aliphatic rings. The molecule has 0 aromatic heterocycles. The first-order valence-electron chi connectivity index (χ1n) is 27.5. The Morgan fingerprint density at radius 2 is 1.14 bits per heavy atom. The smallest absolute Gasteiger partial charge is 0.463 e. The number of carbonyl (C=O) groups is 4. The Morgan fingerprint density at radius 3 is 1.68 bits per heavy atom. The molecule has 3 rings (SSSR count). The largest absolute Gasteiger partial charge is 0.471 e. The summed E-state index contributed by atoms with van der Waals surface area (Å²) in [5.41, 5.74) is 5.30. The molecule has 468 valence electrons. The highest BCUT2D eigenvalue weighted by Crippen LogP contribution is 2.42. The van der Waals surface area contributed by atoms with Crippen LogP contribution in [0.25, 0.3) is 0 Å². The minimum atomic E-state index is -3.75. The van der Waals surface area contributed by atoms with Crippen molar-refractivity contribution in [2.75, 3.05) is 67.0 Å². The van der Waals surface area contributed by atoms with Crippen LogP contribution < -0.4 is 15.8 Å². The van der Waals surface area contributed by atoms with Crippen LogP contribution in [0.2, 0.25) is 0 Å². The molecule has 1 amide bonds. The first kappa shape index (κ1) is 76.5. The summed E-state index contributed by atoms with van der Waals surface area (Å²) in [6.07, 6.45) is 6.05. The summed E-state index contributed by atoms with van der Waals surface area (Å²) >= 11 is 0. The molecule has 0 radical (unpaired) electrons. The van der Waals surface area contributed by atoms with E-state index >= 15 is 0 Å². The molecule has 0 saturated carbocycles. The topological polar surface area (TPSA) is 297 Å². The molecule has 2 saturated heterocycles. The van der Waals surface area contributed by atoms with E-state index in [1.165, 1.54) is 13.8 Å². The highest BCUT2D eigenvalue weighted by atomic mass is 31.2. The van der Waals surface area contributed by atoms with Gasteiger partial charge in [0.2, 0.25) is 40.7 Å². The molecule has 1 aromatic rings. The fourth-order valence-electron chi connectivity index (χ4n) is 7.79. The minimum absolute atomic E-state index is 0.0879. The van der Waals surface area contributed by atoms with Crippen LogP contribution in [0.1, 0.15) is 151 Å². The van der Waals surface area contributed by atoms with Gasteiger partial charge < -0.3 is 69.2 Å². The fraction of sp³-hybridized carbons (Fsp3) is 0.811. The van der Waals surface area contributed by atoms with E-state index in [0.29, 0.717) is 32.4 Å². The van der Waals surface area contributed by atoms with Crippen LogP contribution in [-0.2, 0) is 65.9 Å². The Balaban J connectivity index is 0.00000128. The van der Waals surface area contributed by atoms with Gasteiger partial charge in [0.15, 0.2) is 12.6 Å². The van der Waals surface area contributed by atoms with Crippen molar-refractivity contribution in [1.29, 1.82) is 0 Å². The van der Waals surface area contributed by atoms with Crippen LogP contribution in [0, 0.1) is 46.8 Å². The Hall–Kier alpha value is -3.50. The maximum atomic E-state index is 13.6. The van der Waals surface area contributed by atoms with Crippen LogP contribution in [0.5, 0.6) is 5.75 Å². The molecule has 2 fully saturated rings. The summed E-state index contributed by atoms with van der Waals surface area (Å²) in [5, 5.41) is 32.0. The number of methoxy groups -OCH3 is 1. The molecule has 1 aromatic carbocycles. The van der Waals surface area contributed by atoms with Crippen molar-refractivity contribution in [2.45, 2.75) is 194 Å². The minimum Gasteiger partial charge on any atom is -0.463 e. The van der Waals surface area contributed by atoms with E-state index in [2.05, 4.69) is 19.1 Å². The number of nitrogens with one attached hydrogen (secondary N) is 1. The second-order valence-electron chi connectivity index (χ2n) is 18.9. The van der Waals surface area contributed by atoms with E-state index in [4.69, 9.17) is 43.8 Å². The van der Waals surface area contributed by atoms with Gasteiger partial charge in [-0.1, -0.05) is 73.1 Å². The van der Waals surface area contributed by atoms with Crippen LogP contribution >= 0.6 is 7.82 Å². The van der Waals surface area contributed by atoms with E-state index in [0.717, 1.165) is 90.9 Å². The summed E-state index contributed by atoms with van der Waals surface area (Å²) in [6.45, 7) is 14.6. The number of hydrogen-bond acceptors (Lipinski definition) is 19. The van der Waals surface area contributed by atoms with Gasteiger partial charge in [-0.25, -0.2) is 17.7 Å². The second kappa shape index (κ2) is 44.1. The summed E-state index contributed by atoms with van der Waals surface area (Å²) < 4.78 is 129. The second-order valence-corrected chi connectivity index (χ2v) is 20.4. The quantitative estimate of drug-likeness (QED) is 0.00735. The lowest BCUT2D eigenvalue weighted by Gasteiger charge is -2.43. The number of nitrogens with two attached hydrogens (primary N) is 1. The normalized spacial score (nSPS) is 23.1. The third kappa shape index (κ3) is 30.7. The number of phosphoric acid groups is 1. The molecule has 2 heterocycles. The van der Waals surface area contributed by atoms with Crippen molar-refractivity contribution in [1.82, 2.24) is 5.32 Å². The van der Waals surface area contributed by atoms with Gasteiger partial charge >= 0.3 is 25.7 Å². The highest BCUT2D eigenvalue weighted by Gasteiger charge is 2.45. The number of rotatable bonds is 34. The molecule has 0 spiro atoms. The van der Waals surface area contributed by atoms with Crippen molar-refractivity contribution in [2.24, 2.45) is 23.5 Å². The van der Waals surface area contributed by atoms with E-state index in [-0.39, 0.29) is 62.9 Å². The van der Waals surface area contributed by atoms with E-state index in [1.807, 2.05) is 27.7 Å². The lowest BCUT2D eigenvalue weighted by Crippen LogP contribution is -2.55. The molecular weight excluding hydrogens is 1090 g/mol. The standard InChI is InChI=1S/C24H29F5O8.C20H39NO7.C7H18NO4P.C2H6/c1-11-12(2)24(36-15(10-34-13(3)30)22(11)35-14(4)31)33-9-7-5-6-8-16(32)37-23-20(28)18(26)17(25)19(27)21(23)29;1-15-18(24)19(25)16(14-22)28-20(15)27-13-9-5-6-10-17(23)21-11-7-3-4-8-12-26-2;1-11-13(9,10)12-7-5-3-2-4-6-8;1-2/h11-12,15,22,24H,5-10H2,1-4H3;15-16,18-20,22,24-25H,3-14H2,1-2H3,(H,21,23);2-8H2,1H3,(H,9,10);1-2H3. The summed E-state index contributed by atoms with van der Waals surface area (Å²) in [6, 6.07) is 0. The Labute approximate surface area is 468 Å². The molecule has 7 N–H and O–H groups in total. The van der Waals surface area contributed by atoms with Gasteiger partial charge in [-0.05, 0) is 57.9 Å². The summed E-state index contributed by atoms with van der Waals surface area (Å²) in [5.74, 6) is -15.7. The predicted octanol–water partition coefficient (Wildman–Crippen LogP) is 7.61. The first-order valence-corrected chi connectivity index (χ1v) is 29.0. The van der Waals surface area contributed by atoms with E-state index < -0.39 is 104 Å². The van der Waals surface area contributed by atoms with E-state index in [9.17, 15) is 61.0 Å². The Kier molecular flexibility index (Phi) is 42.2. The number of carbonyl (C=O) groups excluding carboxylic acids is 4. The third-order valence-electron chi connectivity index (χ3n) is 12.6. The molecule has 11 unspecified atom stereocenters. The maximum Gasteiger partial charge on any atom is 0.471 e. The molecule has 21 nitrogen and oxygen atoms in total. The number of hydrogen-bond donors (Lipinski definition) is 6. The van der Waals surface area contributed by atoms with Gasteiger partial charge in [0.1, 0.15) is 31.0 Å². The molecule has 11 atom stereocenters. The van der Waals surface area contributed by atoms with Crippen molar-refractivity contribution in [3.05, 3.63) is 29.1 Å². The summed E-state index contributed by atoms with van der Waals surface area (Å²) in [7, 11) is -0.898. The molecule has 2 aliphatic heterocycles. The highest BCUT2D eigenvalue weighted by molar-refractivity contribution is 7.47. The molecular formula is C53H92F5N2O19P. The maximum absolute atomic E-state index is 13.6. The number of aliphatic hydroxyl groups excluding tert-OH is 3. The monoisotopic (exact) mass is 1190 g/mol. The number of ether oxygens (including phenoxy) is 8. The lowest BCUT2D eigenvalue weighted by atomic mass is 9.84. The zero-order valence-corrected chi connectivity index (χ0v) is 49.0. The van der Waals surface area contributed by atoms with Gasteiger partial charge in [-0.3, -0.25) is 28.2 Å². The van der Waals surface area contributed by atoms with Crippen LogP contribution in [0.4, 0.5) is 22.0 Å². The number of phosphoric ester groups is 1. The van der Waals surface area contributed by atoms with Crippen molar-refractivity contribution in [3.8, 4) is 5.75 Å². The van der Waals surface area contributed by atoms with Crippen LogP contribution in [-0.4, -0.2) is 154 Å². The molecule has 27 heteroatoms. The fourth-order valence-corrected chi connectivity index (χ4v) is 8.26. The average molecular weight is 1190 g/mol. The van der Waals surface area contributed by atoms with Crippen LogP contribution in [0.3, 0.4) is 0 Å². The number of halogens is 5. The van der Waals surface area contributed by atoms with Crippen LogP contribution in [0.15, 0.2) is 0 Å². The number of amides is 1. The summed E-state index contributed by atoms with van der Waals surface area (Å²) in [4.78, 5) is 55.1. The van der Waals surface area contributed by atoms with Crippen molar-refractivity contribution in [3.63, 3.8) is 0 Å². The number of benzene rings is 1. The lowest BCUT2D eigenvalue weighted by molar-refractivity contribution is -0.282. The number of unbranched alkanes of at least 4 members (excludes halogenated alkanes) is 10. The third-order valence-corrected chi connectivity index (χ3v) is 13.6. The Bertz CT molecular complexity index is 1900.